The second-order valence-electron chi connectivity index (χ2n) is 7.83. The van der Waals surface area contributed by atoms with E-state index in [0.717, 1.165) is 38.8 Å². The van der Waals surface area contributed by atoms with Gasteiger partial charge in [-0.05, 0) is 50.7 Å². The van der Waals surface area contributed by atoms with Crippen LogP contribution in [0.1, 0.15) is 48.9 Å². The van der Waals surface area contributed by atoms with Crippen molar-refractivity contribution in [2.45, 2.75) is 56.7 Å². The number of nitro groups is 1. The molecule has 140 valence electrons. The first-order valence-corrected chi connectivity index (χ1v) is 9.59. The van der Waals surface area contributed by atoms with E-state index in [1.165, 1.54) is 18.9 Å². The molecule has 4 rings (SSSR count). The van der Waals surface area contributed by atoms with E-state index in [4.69, 9.17) is 0 Å². The molecule has 1 amide bonds. The van der Waals surface area contributed by atoms with E-state index in [0.29, 0.717) is 23.3 Å². The third-order valence-corrected chi connectivity index (χ3v) is 6.18. The third-order valence-electron chi connectivity index (χ3n) is 6.18. The highest BCUT2D eigenvalue weighted by Gasteiger charge is 2.37. The maximum absolute atomic E-state index is 13.0. The summed E-state index contributed by atoms with van der Waals surface area (Å²) < 4.78 is 0. The lowest BCUT2D eigenvalue weighted by atomic mass is 9.98. The number of nitrogens with zero attached hydrogens (tertiary/aromatic N) is 3. The minimum atomic E-state index is -0.366. The lowest BCUT2D eigenvalue weighted by molar-refractivity contribution is -0.384. The van der Waals surface area contributed by atoms with E-state index in [2.05, 4.69) is 5.32 Å². The van der Waals surface area contributed by atoms with Gasteiger partial charge in [0.1, 0.15) is 5.69 Å². The molecule has 0 saturated carbocycles. The fourth-order valence-electron chi connectivity index (χ4n) is 4.74. The molecule has 2 bridgehead atoms. The van der Waals surface area contributed by atoms with Gasteiger partial charge >= 0.3 is 0 Å². The number of hydrogen-bond acceptors (Lipinski definition) is 5. The van der Waals surface area contributed by atoms with Crippen LogP contribution in [0.15, 0.2) is 18.2 Å². The molecular formula is C19H26N4O3. The molecule has 0 aliphatic carbocycles. The highest BCUT2D eigenvalue weighted by Crippen LogP contribution is 2.33. The minimum absolute atomic E-state index is 0.0385. The number of carbonyl (C=O) groups excluding carboxylic acids is 1. The number of anilines is 1. The number of carbonyl (C=O) groups is 1. The molecule has 7 heteroatoms. The van der Waals surface area contributed by atoms with Gasteiger partial charge in [-0.1, -0.05) is 0 Å². The van der Waals surface area contributed by atoms with Gasteiger partial charge in [-0.15, -0.1) is 0 Å². The molecule has 3 aliphatic rings. The summed E-state index contributed by atoms with van der Waals surface area (Å²) in [6.45, 7) is 1.68. The second kappa shape index (κ2) is 6.87. The Morgan fingerprint density at radius 1 is 1.23 bits per heavy atom. The van der Waals surface area contributed by atoms with Crippen molar-refractivity contribution in [3.05, 3.63) is 33.9 Å². The van der Waals surface area contributed by atoms with E-state index in [-0.39, 0.29) is 22.6 Å². The van der Waals surface area contributed by atoms with Crippen LogP contribution in [0.25, 0.3) is 0 Å². The van der Waals surface area contributed by atoms with Crippen molar-refractivity contribution in [3.63, 3.8) is 0 Å². The smallest absolute Gasteiger partial charge is 0.293 e. The van der Waals surface area contributed by atoms with Gasteiger partial charge in [0.2, 0.25) is 0 Å². The normalized spacial score (nSPS) is 27.6. The van der Waals surface area contributed by atoms with Crippen molar-refractivity contribution >= 4 is 17.3 Å². The molecular weight excluding hydrogens is 332 g/mol. The van der Waals surface area contributed by atoms with E-state index in [1.807, 2.05) is 11.9 Å². The summed E-state index contributed by atoms with van der Waals surface area (Å²) in [6, 6.07) is 6.16. The number of nitrogens with one attached hydrogen (secondary N) is 1. The molecule has 2 unspecified atom stereocenters. The van der Waals surface area contributed by atoms with Gasteiger partial charge in [-0.3, -0.25) is 14.9 Å². The Kier molecular flexibility index (Phi) is 4.56. The fraction of sp³-hybridized carbons (Fsp3) is 0.632. The highest BCUT2D eigenvalue weighted by molar-refractivity contribution is 5.96. The van der Waals surface area contributed by atoms with Crippen LogP contribution in [0, 0.1) is 10.1 Å². The number of piperidine rings is 1. The van der Waals surface area contributed by atoms with Crippen molar-refractivity contribution < 1.29 is 9.72 Å². The minimum Gasteiger partial charge on any atom is -0.366 e. The average Bonchev–Trinajstić information content (AvgIpc) is 3.29. The van der Waals surface area contributed by atoms with Crippen molar-refractivity contribution in [1.29, 1.82) is 0 Å². The molecule has 26 heavy (non-hydrogen) atoms. The van der Waals surface area contributed by atoms with Crippen molar-refractivity contribution in [2.75, 3.05) is 25.0 Å². The number of benzene rings is 1. The van der Waals surface area contributed by atoms with Crippen LogP contribution in [0.5, 0.6) is 0 Å². The third kappa shape index (κ3) is 3.16. The topological polar surface area (TPSA) is 78.7 Å². The first-order valence-electron chi connectivity index (χ1n) is 9.59. The number of rotatable bonds is 4. The Morgan fingerprint density at radius 3 is 2.50 bits per heavy atom. The molecule has 1 aromatic rings. The van der Waals surface area contributed by atoms with E-state index >= 15 is 0 Å². The van der Waals surface area contributed by atoms with Crippen molar-refractivity contribution in [2.24, 2.45) is 0 Å². The Labute approximate surface area is 153 Å². The summed E-state index contributed by atoms with van der Waals surface area (Å²) in [4.78, 5) is 28.0. The molecule has 3 heterocycles. The van der Waals surface area contributed by atoms with Crippen LogP contribution in [-0.2, 0) is 0 Å². The summed E-state index contributed by atoms with van der Waals surface area (Å²) in [7, 11) is 1.83. The number of fused-ring (bicyclic) bond motifs is 2. The largest absolute Gasteiger partial charge is 0.366 e. The summed E-state index contributed by atoms with van der Waals surface area (Å²) in [5, 5.41) is 15.1. The van der Waals surface area contributed by atoms with Crippen LogP contribution in [-0.4, -0.2) is 54.0 Å². The number of hydrogen-bond donors (Lipinski definition) is 1. The maximum atomic E-state index is 13.0. The Morgan fingerprint density at radius 2 is 1.88 bits per heavy atom. The molecule has 1 N–H and O–H groups in total. The molecule has 0 aromatic heterocycles. The van der Waals surface area contributed by atoms with Crippen LogP contribution in [0.3, 0.4) is 0 Å². The van der Waals surface area contributed by atoms with Crippen LogP contribution < -0.4 is 10.2 Å². The number of nitro benzene ring substituents is 1. The van der Waals surface area contributed by atoms with Gasteiger partial charge in [0, 0.05) is 49.9 Å². The van der Waals surface area contributed by atoms with Gasteiger partial charge in [0.05, 0.1) is 4.92 Å². The predicted octanol–water partition coefficient (Wildman–Crippen LogP) is 2.55. The zero-order valence-electron chi connectivity index (χ0n) is 15.2. The summed E-state index contributed by atoms with van der Waals surface area (Å²) in [5.41, 5.74) is 1.08. The summed E-state index contributed by atoms with van der Waals surface area (Å²) >= 11 is 0. The molecule has 7 nitrogen and oxygen atoms in total. The van der Waals surface area contributed by atoms with Gasteiger partial charge < -0.3 is 15.1 Å². The molecule has 3 aliphatic heterocycles. The van der Waals surface area contributed by atoms with Crippen molar-refractivity contribution in [1.82, 2.24) is 10.2 Å². The van der Waals surface area contributed by atoms with E-state index in [1.54, 1.807) is 17.0 Å². The Balaban J connectivity index is 1.55. The second-order valence-corrected chi connectivity index (χ2v) is 7.83. The Bertz CT molecular complexity index is 705. The molecule has 3 fully saturated rings. The summed E-state index contributed by atoms with van der Waals surface area (Å²) in [6.07, 6.45) is 6.40. The van der Waals surface area contributed by atoms with E-state index in [9.17, 15) is 14.9 Å². The number of amides is 1. The lowest BCUT2D eigenvalue weighted by Gasteiger charge is -2.35. The molecule has 1 aromatic carbocycles. The highest BCUT2D eigenvalue weighted by atomic mass is 16.6. The SMILES string of the molecule is CN(C(=O)c1ccc(N2CCCC2)c([N+](=O)[O-])c1)C1CC2CCC(C1)N2. The van der Waals surface area contributed by atoms with Gasteiger partial charge in [-0.2, -0.15) is 0 Å². The standard InChI is InChI=1S/C19H26N4O3/c1-21(16-11-14-5-6-15(12-16)20-14)19(24)13-4-7-17(18(10-13)23(25)26)22-8-2-3-9-22/h4,7,10,14-16,20H,2-3,5-6,8-9,11-12H2,1H3. The van der Waals surface area contributed by atoms with Gasteiger partial charge in [0.15, 0.2) is 0 Å². The Hall–Kier alpha value is -2.15. The van der Waals surface area contributed by atoms with Gasteiger partial charge in [-0.25, -0.2) is 0 Å². The molecule has 2 atom stereocenters. The summed E-state index contributed by atoms with van der Waals surface area (Å²) in [5.74, 6) is -0.118. The zero-order chi connectivity index (χ0) is 18.3. The predicted molar refractivity (Wildman–Crippen MR) is 99.6 cm³/mol. The van der Waals surface area contributed by atoms with E-state index < -0.39 is 0 Å². The average molecular weight is 358 g/mol. The monoisotopic (exact) mass is 358 g/mol. The van der Waals surface area contributed by atoms with Gasteiger partial charge in [0.25, 0.3) is 11.6 Å². The first-order chi connectivity index (χ1) is 12.5. The lowest BCUT2D eigenvalue weighted by Crippen LogP contribution is -2.48. The molecule has 0 radical (unpaired) electrons. The van der Waals surface area contributed by atoms with Crippen LogP contribution in [0.4, 0.5) is 11.4 Å². The molecule has 0 spiro atoms. The quantitative estimate of drug-likeness (QED) is 0.661. The fourth-order valence-corrected chi connectivity index (χ4v) is 4.74. The first kappa shape index (κ1) is 17.3. The molecule has 3 saturated heterocycles. The van der Waals surface area contributed by atoms with Crippen LogP contribution in [0.2, 0.25) is 0 Å². The van der Waals surface area contributed by atoms with Crippen LogP contribution >= 0.6 is 0 Å². The van der Waals surface area contributed by atoms with Crippen molar-refractivity contribution in [3.8, 4) is 0 Å². The maximum Gasteiger partial charge on any atom is 0.293 e. The zero-order valence-corrected chi connectivity index (χ0v) is 15.2.